The zero-order valence-electron chi connectivity index (χ0n) is 7.89. The van der Waals surface area contributed by atoms with Crippen LogP contribution in [-0.2, 0) is 9.84 Å². The summed E-state index contributed by atoms with van der Waals surface area (Å²) in [6, 6.07) is 0.917. The van der Waals surface area contributed by atoms with E-state index >= 15 is 0 Å². The highest BCUT2D eigenvalue weighted by Gasteiger charge is 2.21. The zero-order valence-corrected chi connectivity index (χ0v) is 9.46. The number of pyridine rings is 1. The van der Waals surface area contributed by atoms with Crippen LogP contribution >= 0.6 is 11.6 Å². The van der Waals surface area contributed by atoms with Gasteiger partial charge in [0.15, 0.2) is 9.84 Å². The van der Waals surface area contributed by atoms with Crippen LogP contribution in [0, 0.1) is 17.0 Å². The number of nitro groups is 1. The average molecular weight is 251 g/mol. The van der Waals surface area contributed by atoms with Crippen LogP contribution in [0.25, 0.3) is 0 Å². The summed E-state index contributed by atoms with van der Waals surface area (Å²) in [6.07, 6.45) is 0.912. The molecule has 15 heavy (non-hydrogen) atoms. The lowest BCUT2D eigenvalue weighted by atomic mass is 10.3. The summed E-state index contributed by atoms with van der Waals surface area (Å²) < 4.78 is 22.4. The SMILES string of the molecule is Cc1nc(Cl)c(S(C)(=O)=O)cc1[N+](=O)[O-]. The fourth-order valence-electron chi connectivity index (χ4n) is 0.993. The van der Waals surface area contributed by atoms with Crippen molar-refractivity contribution >= 4 is 27.1 Å². The largest absolute Gasteiger partial charge is 0.291 e. The van der Waals surface area contributed by atoms with Crippen molar-refractivity contribution < 1.29 is 13.3 Å². The molecule has 0 spiro atoms. The first-order valence-electron chi connectivity index (χ1n) is 3.75. The van der Waals surface area contributed by atoms with Gasteiger partial charge in [-0.15, -0.1) is 0 Å². The first-order valence-corrected chi connectivity index (χ1v) is 6.02. The van der Waals surface area contributed by atoms with Gasteiger partial charge >= 0.3 is 0 Å². The molecule has 0 bridgehead atoms. The molecular formula is C7H7ClN2O4S. The van der Waals surface area contributed by atoms with E-state index in [0.29, 0.717) is 0 Å². The van der Waals surface area contributed by atoms with Gasteiger partial charge in [-0.05, 0) is 6.92 Å². The molecule has 8 heteroatoms. The molecule has 0 atom stereocenters. The van der Waals surface area contributed by atoms with Crippen LogP contribution in [0.4, 0.5) is 5.69 Å². The minimum Gasteiger partial charge on any atom is -0.258 e. The van der Waals surface area contributed by atoms with E-state index in [2.05, 4.69) is 4.98 Å². The molecule has 1 heterocycles. The van der Waals surface area contributed by atoms with Gasteiger partial charge in [0.2, 0.25) is 0 Å². The Labute approximate surface area is 91.0 Å². The molecule has 6 nitrogen and oxygen atoms in total. The first-order chi connectivity index (χ1) is 6.73. The van der Waals surface area contributed by atoms with Crippen molar-refractivity contribution in [2.24, 2.45) is 0 Å². The van der Waals surface area contributed by atoms with Crippen LogP contribution in [0.2, 0.25) is 5.15 Å². The maximum Gasteiger partial charge on any atom is 0.291 e. The highest BCUT2D eigenvalue weighted by atomic mass is 35.5. The van der Waals surface area contributed by atoms with Gasteiger partial charge < -0.3 is 0 Å². The lowest BCUT2D eigenvalue weighted by Crippen LogP contribution is -2.03. The molecule has 0 N–H and O–H groups in total. The second kappa shape index (κ2) is 3.74. The van der Waals surface area contributed by atoms with Gasteiger partial charge in [-0.3, -0.25) is 10.1 Å². The number of halogens is 1. The normalized spacial score (nSPS) is 11.4. The molecular weight excluding hydrogens is 244 g/mol. The van der Waals surface area contributed by atoms with Crippen molar-refractivity contribution in [1.82, 2.24) is 4.98 Å². The van der Waals surface area contributed by atoms with Gasteiger partial charge in [0, 0.05) is 12.3 Å². The van der Waals surface area contributed by atoms with Gasteiger partial charge in [0.1, 0.15) is 15.7 Å². The monoisotopic (exact) mass is 250 g/mol. The molecule has 0 saturated carbocycles. The Hall–Kier alpha value is -1.21. The summed E-state index contributed by atoms with van der Waals surface area (Å²) in [6.45, 7) is 1.38. The molecule has 0 aromatic carbocycles. The van der Waals surface area contributed by atoms with Crippen LogP contribution in [-0.4, -0.2) is 24.6 Å². The third-order valence-corrected chi connectivity index (χ3v) is 3.21. The number of nitrogens with zero attached hydrogens (tertiary/aromatic N) is 2. The van der Waals surface area contributed by atoms with Crippen molar-refractivity contribution in [1.29, 1.82) is 0 Å². The molecule has 0 saturated heterocycles. The standard InChI is InChI=1S/C7H7ClN2O4S/c1-4-5(10(11)12)3-6(7(8)9-4)15(2,13)14/h3H,1-2H3. The van der Waals surface area contributed by atoms with E-state index in [0.717, 1.165) is 12.3 Å². The van der Waals surface area contributed by atoms with Gasteiger partial charge in [-0.2, -0.15) is 0 Å². The average Bonchev–Trinajstić information content (AvgIpc) is 2.00. The van der Waals surface area contributed by atoms with Crippen molar-refractivity contribution in [3.63, 3.8) is 0 Å². The summed E-state index contributed by atoms with van der Waals surface area (Å²) in [7, 11) is -3.61. The molecule has 0 aliphatic carbocycles. The number of hydrogen-bond acceptors (Lipinski definition) is 5. The number of sulfone groups is 1. The second-order valence-corrected chi connectivity index (χ2v) is 5.25. The topological polar surface area (TPSA) is 90.2 Å². The Morgan fingerprint density at radius 1 is 1.53 bits per heavy atom. The number of rotatable bonds is 2. The number of aryl methyl sites for hydroxylation is 1. The fraction of sp³-hybridized carbons (Fsp3) is 0.286. The van der Waals surface area contributed by atoms with Gasteiger partial charge in [0.25, 0.3) is 5.69 Å². The van der Waals surface area contributed by atoms with Gasteiger partial charge in [-0.1, -0.05) is 11.6 Å². The highest BCUT2D eigenvalue weighted by Crippen LogP contribution is 2.26. The Bertz CT molecular complexity index is 526. The minimum atomic E-state index is -3.61. The maximum atomic E-state index is 11.2. The van der Waals surface area contributed by atoms with Crippen LogP contribution < -0.4 is 0 Å². The summed E-state index contributed by atoms with van der Waals surface area (Å²) in [4.78, 5) is 13.1. The Morgan fingerprint density at radius 3 is 2.47 bits per heavy atom. The molecule has 0 aliphatic heterocycles. The van der Waals surface area contributed by atoms with Crippen molar-refractivity contribution in [2.75, 3.05) is 6.26 Å². The molecule has 1 aromatic heterocycles. The van der Waals surface area contributed by atoms with E-state index in [-0.39, 0.29) is 21.4 Å². The molecule has 0 unspecified atom stereocenters. The van der Waals surface area contributed by atoms with E-state index in [1.807, 2.05) is 0 Å². The van der Waals surface area contributed by atoms with E-state index in [1.54, 1.807) is 0 Å². The first kappa shape index (κ1) is 11.9. The maximum absolute atomic E-state index is 11.2. The molecule has 1 rings (SSSR count). The van der Waals surface area contributed by atoms with Gasteiger partial charge in [-0.25, -0.2) is 13.4 Å². The van der Waals surface area contributed by atoms with Crippen LogP contribution in [0.5, 0.6) is 0 Å². The molecule has 0 fully saturated rings. The van der Waals surface area contributed by atoms with E-state index in [4.69, 9.17) is 11.6 Å². The summed E-state index contributed by atoms with van der Waals surface area (Å²) in [5, 5.41) is 10.3. The third kappa shape index (κ3) is 2.42. The molecule has 82 valence electrons. The Morgan fingerprint density at radius 2 is 2.07 bits per heavy atom. The molecule has 1 aromatic rings. The zero-order chi connectivity index (χ0) is 11.8. The van der Waals surface area contributed by atoms with Crippen LogP contribution in [0.15, 0.2) is 11.0 Å². The lowest BCUT2D eigenvalue weighted by Gasteiger charge is -2.02. The van der Waals surface area contributed by atoms with E-state index in [1.165, 1.54) is 6.92 Å². The quantitative estimate of drug-likeness (QED) is 0.449. The van der Waals surface area contributed by atoms with Crippen LogP contribution in [0.3, 0.4) is 0 Å². The Balaban J connectivity index is 3.58. The summed E-state index contributed by atoms with van der Waals surface area (Å²) in [5.74, 6) is 0. The predicted molar refractivity (Wildman–Crippen MR) is 53.7 cm³/mol. The molecule has 0 amide bonds. The van der Waals surface area contributed by atoms with E-state index < -0.39 is 14.8 Å². The summed E-state index contributed by atoms with van der Waals surface area (Å²) >= 11 is 5.58. The smallest absolute Gasteiger partial charge is 0.258 e. The van der Waals surface area contributed by atoms with Crippen molar-refractivity contribution in [2.45, 2.75) is 11.8 Å². The predicted octanol–water partition coefficient (Wildman–Crippen LogP) is 1.36. The highest BCUT2D eigenvalue weighted by molar-refractivity contribution is 7.90. The van der Waals surface area contributed by atoms with Crippen molar-refractivity contribution in [3.8, 4) is 0 Å². The molecule has 0 radical (unpaired) electrons. The number of hydrogen-bond donors (Lipinski definition) is 0. The van der Waals surface area contributed by atoms with Crippen LogP contribution in [0.1, 0.15) is 5.69 Å². The summed E-state index contributed by atoms with van der Waals surface area (Å²) in [5.41, 5.74) is -0.280. The second-order valence-electron chi connectivity index (χ2n) is 2.91. The van der Waals surface area contributed by atoms with Gasteiger partial charge in [0.05, 0.1) is 4.92 Å². The Kier molecular flexibility index (Phi) is 2.96. The van der Waals surface area contributed by atoms with E-state index in [9.17, 15) is 18.5 Å². The molecule has 0 aliphatic rings. The van der Waals surface area contributed by atoms with Crippen molar-refractivity contribution in [3.05, 3.63) is 27.0 Å². The number of aromatic nitrogens is 1. The minimum absolute atomic E-state index is 0.0809. The third-order valence-electron chi connectivity index (χ3n) is 1.70. The fourth-order valence-corrected chi connectivity index (χ4v) is 2.27. The lowest BCUT2D eigenvalue weighted by molar-refractivity contribution is -0.386.